The van der Waals surface area contributed by atoms with Crippen LogP contribution in [0.5, 0.6) is 0 Å². The van der Waals surface area contributed by atoms with Crippen molar-refractivity contribution in [2.45, 2.75) is 0 Å². The predicted octanol–water partition coefficient (Wildman–Crippen LogP) is 9.83. The SMILES string of the molecule is c1ccc2c(c1)sc1c(-c3nc(-c4cccc5c4sc4ccccc45)nc(-n4c5ncccc5c5cccnc54)n3)cccc12. The van der Waals surface area contributed by atoms with Crippen molar-refractivity contribution >= 4 is 85.1 Å². The lowest BCUT2D eigenvalue weighted by Gasteiger charge is -2.11. The molecule has 10 aromatic rings. The Bertz CT molecular complexity index is 2610. The van der Waals surface area contributed by atoms with Crippen molar-refractivity contribution in [2.75, 3.05) is 0 Å². The maximum absolute atomic E-state index is 5.22. The van der Waals surface area contributed by atoms with Crippen LogP contribution < -0.4 is 0 Å². The van der Waals surface area contributed by atoms with Crippen LogP contribution >= 0.6 is 22.7 Å². The summed E-state index contributed by atoms with van der Waals surface area (Å²) in [6.45, 7) is 0. The van der Waals surface area contributed by atoms with E-state index < -0.39 is 0 Å². The maximum Gasteiger partial charge on any atom is 0.241 e. The van der Waals surface area contributed by atoms with Gasteiger partial charge >= 0.3 is 0 Å². The Kier molecular flexibility index (Phi) is 5.22. The highest BCUT2D eigenvalue weighted by Crippen LogP contribution is 2.42. The molecule has 0 radical (unpaired) electrons. The third-order valence-electron chi connectivity index (χ3n) is 8.40. The monoisotopic (exact) mass is 612 g/mol. The maximum atomic E-state index is 5.22. The molecule has 0 saturated heterocycles. The number of thiophene rings is 2. The van der Waals surface area contributed by atoms with Crippen LogP contribution in [0.2, 0.25) is 0 Å². The van der Waals surface area contributed by atoms with Crippen molar-refractivity contribution in [1.29, 1.82) is 0 Å². The van der Waals surface area contributed by atoms with Gasteiger partial charge in [-0.3, -0.25) is 0 Å². The molecule has 0 atom stereocenters. The molecule has 8 heteroatoms. The van der Waals surface area contributed by atoms with Crippen molar-refractivity contribution in [3.8, 4) is 28.7 Å². The minimum atomic E-state index is 0.489. The van der Waals surface area contributed by atoms with Gasteiger partial charge in [0.25, 0.3) is 0 Å². The number of rotatable bonds is 3. The van der Waals surface area contributed by atoms with E-state index in [2.05, 4.69) is 97.1 Å². The number of pyridine rings is 2. The van der Waals surface area contributed by atoms with Crippen molar-refractivity contribution in [1.82, 2.24) is 29.5 Å². The molecule has 6 nitrogen and oxygen atoms in total. The van der Waals surface area contributed by atoms with Gasteiger partial charge in [0.05, 0.1) is 0 Å². The Hall–Kier alpha value is -5.57. The topological polar surface area (TPSA) is 69.4 Å². The van der Waals surface area contributed by atoms with E-state index in [1.54, 1.807) is 35.1 Å². The standard InChI is InChI=1S/C37H20N6S2/c1-3-17-29-21(9-1)23-11-5-13-27(31(23)44-29)33-40-34(28-14-6-12-24-22-10-2-4-18-30(22)45-32(24)28)42-37(41-33)43-35-25(15-7-19-38-35)26-16-8-20-39-36(26)43/h1-20H. The molecule has 0 aliphatic rings. The third-order valence-corrected chi connectivity index (χ3v) is 10.8. The fourth-order valence-electron chi connectivity index (χ4n) is 6.41. The molecule has 10 rings (SSSR count). The molecule has 0 amide bonds. The number of fused-ring (bicyclic) bond motifs is 9. The highest BCUT2D eigenvalue weighted by atomic mass is 32.1. The van der Waals surface area contributed by atoms with Crippen molar-refractivity contribution in [3.05, 3.63) is 122 Å². The van der Waals surface area contributed by atoms with E-state index in [0.29, 0.717) is 17.6 Å². The Morgan fingerprint density at radius 1 is 0.422 bits per heavy atom. The van der Waals surface area contributed by atoms with Crippen LogP contribution in [0.3, 0.4) is 0 Å². The predicted molar refractivity (Wildman–Crippen MR) is 186 cm³/mol. The average Bonchev–Trinajstić information content (AvgIpc) is 3.77. The van der Waals surface area contributed by atoms with E-state index in [4.69, 9.17) is 24.9 Å². The van der Waals surface area contributed by atoms with Gasteiger partial charge in [-0.2, -0.15) is 9.97 Å². The summed E-state index contributed by atoms with van der Waals surface area (Å²) in [7, 11) is 0. The molecule has 4 aromatic carbocycles. The van der Waals surface area contributed by atoms with E-state index >= 15 is 0 Å². The van der Waals surface area contributed by atoms with Gasteiger partial charge in [-0.25, -0.2) is 19.5 Å². The number of nitrogens with zero attached hydrogens (tertiary/aromatic N) is 6. The Labute approximate surface area is 263 Å². The van der Waals surface area contributed by atoms with E-state index in [1.165, 1.54) is 30.9 Å². The van der Waals surface area contributed by atoms with Gasteiger partial charge in [-0.15, -0.1) is 22.7 Å². The Morgan fingerprint density at radius 3 is 1.42 bits per heavy atom. The van der Waals surface area contributed by atoms with E-state index in [0.717, 1.165) is 42.6 Å². The molecule has 6 heterocycles. The zero-order valence-corrected chi connectivity index (χ0v) is 25.2. The summed E-state index contributed by atoms with van der Waals surface area (Å²) in [6.07, 6.45) is 3.60. The molecular weight excluding hydrogens is 593 g/mol. The molecule has 0 bridgehead atoms. The summed E-state index contributed by atoms with van der Waals surface area (Å²) in [6, 6.07) is 37.9. The first-order valence-corrected chi connectivity index (χ1v) is 16.2. The highest BCUT2D eigenvalue weighted by Gasteiger charge is 2.22. The average molecular weight is 613 g/mol. The van der Waals surface area contributed by atoms with Crippen LogP contribution in [-0.2, 0) is 0 Å². The lowest BCUT2D eigenvalue weighted by molar-refractivity contribution is 0.936. The molecule has 0 unspecified atom stereocenters. The van der Waals surface area contributed by atoms with Gasteiger partial charge in [0.1, 0.15) is 11.3 Å². The lowest BCUT2D eigenvalue weighted by atomic mass is 10.1. The van der Waals surface area contributed by atoms with Gasteiger partial charge in [0.15, 0.2) is 11.6 Å². The molecule has 0 saturated carbocycles. The Morgan fingerprint density at radius 2 is 0.889 bits per heavy atom. The number of benzene rings is 4. The van der Waals surface area contributed by atoms with Gasteiger partial charge in [-0.05, 0) is 48.5 Å². The summed E-state index contributed by atoms with van der Waals surface area (Å²) in [5.74, 6) is 1.72. The van der Waals surface area contributed by atoms with Gasteiger partial charge in [0, 0.05) is 74.6 Å². The van der Waals surface area contributed by atoms with Gasteiger partial charge in [0.2, 0.25) is 5.95 Å². The second-order valence-corrected chi connectivity index (χ2v) is 13.0. The zero-order chi connectivity index (χ0) is 29.5. The molecule has 210 valence electrons. The fourth-order valence-corrected chi connectivity index (χ4v) is 8.84. The number of hydrogen-bond acceptors (Lipinski definition) is 7. The first-order valence-electron chi connectivity index (χ1n) is 14.6. The van der Waals surface area contributed by atoms with Crippen LogP contribution in [0.15, 0.2) is 122 Å². The zero-order valence-electron chi connectivity index (χ0n) is 23.5. The van der Waals surface area contributed by atoms with Crippen LogP contribution in [-0.4, -0.2) is 29.5 Å². The minimum absolute atomic E-state index is 0.489. The smallest absolute Gasteiger partial charge is 0.241 e. The largest absolute Gasteiger partial charge is 0.245 e. The van der Waals surface area contributed by atoms with Crippen molar-refractivity contribution < 1.29 is 0 Å². The summed E-state index contributed by atoms with van der Waals surface area (Å²) in [4.78, 5) is 25.2. The van der Waals surface area contributed by atoms with Crippen molar-refractivity contribution in [3.63, 3.8) is 0 Å². The number of aromatic nitrogens is 6. The quantitative estimate of drug-likeness (QED) is 0.199. The molecule has 0 fully saturated rings. The minimum Gasteiger partial charge on any atom is -0.245 e. The molecule has 0 aliphatic carbocycles. The Balaban J connectivity index is 1.32. The van der Waals surface area contributed by atoms with Crippen LogP contribution in [0.25, 0.3) is 91.1 Å². The third kappa shape index (κ3) is 3.64. The summed E-state index contributed by atoms with van der Waals surface area (Å²) in [5, 5.41) is 6.87. The normalized spacial score (nSPS) is 12.0. The second kappa shape index (κ2) is 9.46. The lowest BCUT2D eigenvalue weighted by Crippen LogP contribution is -2.07. The molecular formula is C37H20N6S2. The van der Waals surface area contributed by atoms with Gasteiger partial charge < -0.3 is 0 Å². The first-order chi connectivity index (χ1) is 22.3. The van der Waals surface area contributed by atoms with E-state index in [1.807, 2.05) is 16.7 Å². The summed E-state index contributed by atoms with van der Waals surface area (Å²) in [5.41, 5.74) is 3.47. The fraction of sp³-hybridized carbons (Fsp3) is 0. The summed E-state index contributed by atoms with van der Waals surface area (Å²) < 4.78 is 6.75. The van der Waals surface area contributed by atoms with Gasteiger partial charge in [-0.1, -0.05) is 60.7 Å². The molecule has 0 spiro atoms. The highest BCUT2D eigenvalue weighted by molar-refractivity contribution is 7.26. The molecule has 0 N–H and O–H groups in total. The first kappa shape index (κ1) is 24.8. The summed E-state index contributed by atoms with van der Waals surface area (Å²) >= 11 is 3.54. The van der Waals surface area contributed by atoms with Crippen LogP contribution in [0.4, 0.5) is 0 Å². The second-order valence-electron chi connectivity index (χ2n) is 10.9. The molecule has 6 aromatic heterocycles. The van der Waals surface area contributed by atoms with E-state index in [9.17, 15) is 0 Å². The van der Waals surface area contributed by atoms with Crippen molar-refractivity contribution in [2.24, 2.45) is 0 Å². The molecule has 45 heavy (non-hydrogen) atoms. The molecule has 0 aliphatic heterocycles. The number of hydrogen-bond donors (Lipinski definition) is 0. The van der Waals surface area contributed by atoms with Crippen LogP contribution in [0.1, 0.15) is 0 Å². The van der Waals surface area contributed by atoms with Crippen LogP contribution in [0, 0.1) is 0 Å². The van der Waals surface area contributed by atoms with E-state index in [-0.39, 0.29) is 0 Å².